The van der Waals surface area contributed by atoms with Crippen LogP contribution in [0, 0.1) is 0 Å². The predicted molar refractivity (Wildman–Crippen MR) is 108 cm³/mol. The third-order valence-electron chi connectivity index (χ3n) is 7.18. The molecule has 162 valence electrons. The maximum absolute atomic E-state index is 13.5. The lowest BCUT2D eigenvalue weighted by Crippen LogP contribution is -2.48. The fourth-order valence-electron chi connectivity index (χ4n) is 5.23. The molecule has 4 aliphatic rings. The van der Waals surface area contributed by atoms with Gasteiger partial charge in [0.05, 0.1) is 18.3 Å². The molecule has 5 rings (SSSR count). The number of aromatic nitrogens is 1. The van der Waals surface area contributed by atoms with Gasteiger partial charge in [0, 0.05) is 51.8 Å². The van der Waals surface area contributed by atoms with Crippen LogP contribution in [0.3, 0.4) is 0 Å². The number of amides is 2. The van der Waals surface area contributed by atoms with Crippen LogP contribution in [0.2, 0.25) is 0 Å². The quantitative estimate of drug-likeness (QED) is 0.773. The number of ether oxygens (including phenoxy) is 1. The predicted octanol–water partition coefficient (Wildman–Crippen LogP) is 0.844. The minimum absolute atomic E-state index is 0.0118. The van der Waals surface area contributed by atoms with E-state index in [1.54, 1.807) is 21.3 Å². The molecular weight excluding hydrogens is 386 g/mol. The minimum atomic E-state index is -0.427. The van der Waals surface area contributed by atoms with Gasteiger partial charge in [-0.05, 0) is 43.2 Å². The van der Waals surface area contributed by atoms with Gasteiger partial charge >= 0.3 is 0 Å². The molecule has 1 N–H and O–H groups in total. The molecule has 3 aliphatic heterocycles. The molecule has 0 radical (unpaired) electrons. The van der Waals surface area contributed by atoms with E-state index in [0.29, 0.717) is 64.0 Å². The molecule has 2 amide bonds. The molecule has 1 saturated carbocycles. The standard InChI is InChI=1S/C22H29N3O5/c1-14(26)24-7-4-18-15(11-24)12-25(16-2-3-16)21(29)19(18)20(28)23-8-5-22(6-9-23)10-17(27)13-30-22/h12,16-17,27H,2-11,13H2,1H3. The lowest BCUT2D eigenvalue weighted by atomic mass is 9.87. The number of hydrogen-bond donors (Lipinski definition) is 1. The number of carbonyl (C=O) groups excluding carboxylic acids is 2. The lowest BCUT2D eigenvalue weighted by Gasteiger charge is -2.39. The third-order valence-corrected chi connectivity index (χ3v) is 7.18. The van der Waals surface area contributed by atoms with Crippen molar-refractivity contribution in [2.75, 3.05) is 26.2 Å². The van der Waals surface area contributed by atoms with Crippen LogP contribution in [0.25, 0.3) is 0 Å². The van der Waals surface area contributed by atoms with E-state index >= 15 is 0 Å². The van der Waals surface area contributed by atoms with Crippen molar-refractivity contribution in [3.8, 4) is 0 Å². The van der Waals surface area contributed by atoms with Gasteiger partial charge in [-0.1, -0.05) is 0 Å². The maximum atomic E-state index is 13.5. The number of nitrogens with zero attached hydrogens (tertiary/aromatic N) is 3. The van der Waals surface area contributed by atoms with Crippen molar-refractivity contribution in [3.05, 3.63) is 33.2 Å². The van der Waals surface area contributed by atoms with Crippen molar-refractivity contribution in [3.63, 3.8) is 0 Å². The van der Waals surface area contributed by atoms with Gasteiger partial charge in [0.15, 0.2) is 0 Å². The Bertz CT molecular complexity index is 943. The number of pyridine rings is 1. The van der Waals surface area contributed by atoms with Crippen LogP contribution >= 0.6 is 0 Å². The fraction of sp³-hybridized carbons (Fsp3) is 0.682. The van der Waals surface area contributed by atoms with Gasteiger partial charge in [-0.3, -0.25) is 14.4 Å². The highest BCUT2D eigenvalue weighted by atomic mass is 16.5. The van der Waals surface area contributed by atoms with Crippen LogP contribution in [0.4, 0.5) is 0 Å². The molecule has 8 heteroatoms. The molecule has 4 heterocycles. The van der Waals surface area contributed by atoms with Crippen molar-refractivity contribution in [1.29, 1.82) is 0 Å². The van der Waals surface area contributed by atoms with Crippen molar-refractivity contribution >= 4 is 11.8 Å². The molecule has 1 unspecified atom stereocenters. The molecule has 8 nitrogen and oxygen atoms in total. The highest BCUT2D eigenvalue weighted by Gasteiger charge is 2.43. The summed E-state index contributed by atoms with van der Waals surface area (Å²) >= 11 is 0. The number of aliphatic hydroxyl groups excluding tert-OH is 1. The largest absolute Gasteiger partial charge is 0.391 e. The number of likely N-dealkylation sites (tertiary alicyclic amines) is 1. The van der Waals surface area contributed by atoms with E-state index in [2.05, 4.69) is 0 Å². The summed E-state index contributed by atoms with van der Waals surface area (Å²) in [5.41, 5.74) is 1.51. The molecule has 3 fully saturated rings. The second-order valence-electron chi connectivity index (χ2n) is 9.29. The Morgan fingerprint density at radius 1 is 1.17 bits per heavy atom. The van der Waals surface area contributed by atoms with Gasteiger partial charge in [0.1, 0.15) is 5.56 Å². The van der Waals surface area contributed by atoms with Crippen molar-refractivity contribution in [2.45, 2.75) is 69.7 Å². The summed E-state index contributed by atoms with van der Waals surface area (Å²) in [6.07, 6.45) is 5.86. The van der Waals surface area contributed by atoms with E-state index in [-0.39, 0.29) is 29.0 Å². The molecule has 30 heavy (non-hydrogen) atoms. The summed E-state index contributed by atoms with van der Waals surface area (Å²) in [7, 11) is 0. The molecular formula is C22H29N3O5. The Labute approximate surface area is 175 Å². The summed E-state index contributed by atoms with van der Waals surface area (Å²) in [5.74, 6) is -0.186. The van der Waals surface area contributed by atoms with Gasteiger partial charge in [-0.2, -0.15) is 0 Å². The summed E-state index contributed by atoms with van der Waals surface area (Å²) in [6, 6.07) is 0.167. The Morgan fingerprint density at radius 3 is 2.50 bits per heavy atom. The SMILES string of the molecule is CC(=O)N1CCc2c(cn(C3CC3)c(=O)c2C(=O)N2CCC3(CC2)CC(O)CO3)C1. The zero-order valence-corrected chi connectivity index (χ0v) is 17.4. The summed E-state index contributed by atoms with van der Waals surface area (Å²) in [4.78, 5) is 42.2. The number of fused-ring (bicyclic) bond motifs is 1. The third kappa shape index (κ3) is 3.36. The highest BCUT2D eigenvalue weighted by Crippen LogP contribution is 2.37. The van der Waals surface area contributed by atoms with E-state index in [4.69, 9.17) is 4.74 Å². The fourth-order valence-corrected chi connectivity index (χ4v) is 5.23. The Hall–Kier alpha value is -2.19. The monoisotopic (exact) mass is 415 g/mol. The smallest absolute Gasteiger partial charge is 0.263 e. The molecule has 1 aliphatic carbocycles. The summed E-state index contributed by atoms with van der Waals surface area (Å²) in [6.45, 7) is 3.95. The Kier molecular flexibility index (Phi) is 4.74. The number of aliphatic hydroxyl groups is 1. The first-order chi connectivity index (χ1) is 14.4. The highest BCUT2D eigenvalue weighted by molar-refractivity contribution is 5.96. The normalized spacial score (nSPS) is 25.5. The number of piperidine rings is 1. The van der Waals surface area contributed by atoms with Crippen LogP contribution in [-0.4, -0.2) is 69.2 Å². The van der Waals surface area contributed by atoms with Crippen molar-refractivity contribution in [2.24, 2.45) is 0 Å². The van der Waals surface area contributed by atoms with Gasteiger partial charge in [0.25, 0.3) is 11.5 Å². The molecule has 1 spiro atoms. The zero-order valence-electron chi connectivity index (χ0n) is 17.4. The van der Waals surface area contributed by atoms with Gasteiger partial charge < -0.3 is 24.2 Å². The molecule has 0 bridgehead atoms. The zero-order chi connectivity index (χ0) is 21.0. The molecule has 1 atom stereocenters. The van der Waals surface area contributed by atoms with E-state index < -0.39 is 6.10 Å². The summed E-state index contributed by atoms with van der Waals surface area (Å²) in [5, 5.41) is 9.84. The van der Waals surface area contributed by atoms with E-state index in [1.807, 2.05) is 6.20 Å². The van der Waals surface area contributed by atoms with E-state index in [0.717, 1.165) is 24.0 Å². The second kappa shape index (κ2) is 7.20. The molecule has 1 aromatic rings. The first-order valence-corrected chi connectivity index (χ1v) is 11.0. The van der Waals surface area contributed by atoms with Gasteiger partial charge in [0.2, 0.25) is 5.91 Å². The number of rotatable bonds is 2. The average Bonchev–Trinajstić information content (AvgIpc) is 3.51. The second-order valence-corrected chi connectivity index (χ2v) is 9.29. The number of carbonyl (C=O) groups is 2. The Balaban J connectivity index is 1.44. The van der Waals surface area contributed by atoms with Crippen molar-refractivity contribution < 1.29 is 19.4 Å². The molecule has 2 saturated heterocycles. The first kappa shape index (κ1) is 19.8. The van der Waals surface area contributed by atoms with Crippen LogP contribution in [-0.2, 0) is 22.5 Å². The van der Waals surface area contributed by atoms with Crippen LogP contribution in [0.15, 0.2) is 11.0 Å². The van der Waals surface area contributed by atoms with Crippen LogP contribution < -0.4 is 5.56 Å². The van der Waals surface area contributed by atoms with Crippen molar-refractivity contribution in [1.82, 2.24) is 14.4 Å². The van der Waals surface area contributed by atoms with E-state index in [9.17, 15) is 19.5 Å². The molecule has 1 aromatic heterocycles. The number of hydrogen-bond acceptors (Lipinski definition) is 5. The topological polar surface area (TPSA) is 92.1 Å². The van der Waals surface area contributed by atoms with E-state index in [1.165, 1.54) is 0 Å². The summed E-state index contributed by atoms with van der Waals surface area (Å²) < 4.78 is 7.56. The van der Waals surface area contributed by atoms with Gasteiger partial charge in [-0.25, -0.2) is 0 Å². The lowest BCUT2D eigenvalue weighted by molar-refractivity contribution is -0.129. The van der Waals surface area contributed by atoms with Gasteiger partial charge in [-0.15, -0.1) is 0 Å². The first-order valence-electron chi connectivity index (χ1n) is 11.0. The maximum Gasteiger partial charge on any atom is 0.263 e. The Morgan fingerprint density at radius 2 is 1.90 bits per heavy atom. The van der Waals surface area contributed by atoms with Crippen LogP contribution in [0.5, 0.6) is 0 Å². The average molecular weight is 415 g/mol. The minimum Gasteiger partial charge on any atom is -0.391 e. The van der Waals surface area contributed by atoms with Crippen LogP contribution in [0.1, 0.15) is 66.6 Å². The molecule has 0 aromatic carbocycles.